The molecule has 3 aromatic rings. The van der Waals surface area contributed by atoms with Gasteiger partial charge in [-0.2, -0.15) is 0 Å². The Balaban J connectivity index is 1.32. The number of phenolic OH excluding ortho intramolecular Hbond substituents is 1. The third-order valence-corrected chi connectivity index (χ3v) is 21.3. The lowest BCUT2D eigenvalue weighted by molar-refractivity contribution is -0.145. The highest BCUT2D eigenvalue weighted by Gasteiger charge is 2.44. The van der Waals surface area contributed by atoms with E-state index in [0.29, 0.717) is 28.5 Å². The first-order valence-electron chi connectivity index (χ1n) is 42.2. The maximum Gasteiger partial charge on any atom is 0.303 e. The van der Waals surface area contributed by atoms with Gasteiger partial charge in [0.1, 0.15) is 84.3 Å². The number of aliphatic carboxylic acids is 3. The second-order valence-electron chi connectivity index (χ2n) is 31.4. The molecule has 3 aliphatic heterocycles. The fraction of sp³-hybridized carbons (Fsp3) is 0.568. The molecule has 0 saturated carbocycles. The standard InChI is InChI=1S/C81H118N22O25/c1-42-68(116)94-53(26-30-65(112)113)72(120)92-43(2)69(117)98-55(15-6-8-32-82)79(127)102-35-11-17-58(102)78(126)100-57(38-46-39-88-49-14-5-4-13-48(46)49)76(124)99-56(37-45-20-22-47(105)23-21-45)71(119)86-33-9-7-19-61(107)89-40-63(109)93-52(24-28-60(83)106)74(122)95-50(16-10-34-87-81(84)85)73(121)96-54(27-31-66(114)115)75(123)101-67(44(3)104)80(128)103-36-12-18-59(103)77(125)97-51(25-29-64(110)111)70(118)90-41-62(108)91-42/h4-5,13-14,20-23,39,42-44,50-59,67,88,104-105H,6-12,15-19,24-38,40-41,82H2,1-3H3,(H2,83,106)(H,86,119)(H,89,107)(H,90,118)(H,91,108)(H,92,120)(H,93,109)(H,94,116)(H,95,122)(H,96,121)(H,97,125)(H,98,117)(H,99,124)(H,100,126)(H,101,123)(H,110,111)(H,112,113)(H,114,115)(H4,84,85,87)/t42-,43-,44-,50-,51-,52-,53-,54-,55-,56-,57-,58-,59-,67-/m0/s1. The monoisotopic (exact) mass is 1800 g/mol. The number of nitrogens with one attached hydrogen (secondary N) is 17. The van der Waals surface area contributed by atoms with Crippen LogP contribution in [0, 0.1) is 5.41 Å². The average molecular weight is 1800 g/mol. The van der Waals surface area contributed by atoms with Gasteiger partial charge in [-0.05, 0) is 153 Å². The zero-order chi connectivity index (χ0) is 94.4. The van der Waals surface area contributed by atoms with Gasteiger partial charge in [-0.3, -0.25) is 101 Å². The topological polar surface area (TPSA) is 747 Å². The van der Waals surface area contributed by atoms with Gasteiger partial charge < -0.3 is 137 Å². The van der Waals surface area contributed by atoms with Crippen molar-refractivity contribution in [3.05, 3.63) is 65.9 Å². The minimum absolute atomic E-state index is 0.0131. The van der Waals surface area contributed by atoms with Gasteiger partial charge >= 0.3 is 17.9 Å². The number of benzene rings is 2. The lowest BCUT2D eigenvalue weighted by Gasteiger charge is -2.32. The smallest absolute Gasteiger partial charge is 0.303 e. The lowest BCUT2D eigenvalue weighted by atomic mass is 10.0. The molecule has 6 rings (SSSR count). The molecule has 17 amide bonds. The minimum atomic E-state index is -1.98. The van der Waals surface area contributed by atoms with Crippen molar-refractivity contribution in [3.8, 4) is 5.75 Å². The van der Waals surface area contributed by atoms with Crippen LogP contribution in [-0.4, -0.2) is 295 Å². The Morgan fingerprint density at radius 3 is 1.52 bits per heavy atom. The zero-order valence-corrected chi connectivity index (χ0v) is 71.3. The summed E-state index contributed by atoms with van der Waals surface area (Å²) in [4.78, 5) is 280. The van der Waals surface area contributed by atoms with E-state index in [4.69, 9.17) is 22.6 Å². The summed E-state index contributed by atoms with van der Waals surface area (Å²) in [7, 11) is 0. The number of carbonyl (C=O) groups is 20. The summed E-state index contributed by atoms with van der Waals surface area (Å²) in [5.41, 5.74) is 18.4. The van der Waals surface area contributed by atoms with Gasteiger partial charge in [0.2, 0.25) is 100 Å². The van der Waals surface area contributed by atoms with E-state index in [-0.39, 0.29) is 122 Å². The van der Waals surface area contributed by atoms with E-state index in [1.165, 1.54) is 36.1 Å². The number of aromatic amines is 1. The number of carboxylic acid groups (broad SMARTS) is 3. The predicted octanol–water partition coefficient (Wildman–Crippen LogP) is -6.82. The molecule has 2 aromatic carbocycles. The quantitative estimate of drug-likeness (QED) is 0.0213. The zero-order valence-electron chi connectivity index (χ0n) is 71.3. The molecule has 47 nitrogen and oxygen atoms in total. The number of aliphatic hydroxyl groups excluding tert-OH is 1. The number of nitrogens with zero attached hydrogens (tertiary/aromatic N) is 2. The van der Waals surface area contributed by atoms with E-state index >= 15 is 0 Å². The van der Waals surface area contributed by atoms with Crippen LogP contribution in [0.3, 0.4) is 0 Å². The van der Waals surface area contributed by atoms with Crippen molar-refractivity contribution in [2.24, 2.45) is 17.2 Å². The molecular formula is C81H118N22O25. The molecule has 3 aliphatic rings. The number of carboxylic acids is 3. The molecule has 3 fully saturated rings. The number of carbonyl (C=O) groups excluding carboxylic acids is 17. The Bertz CT molecular complexity index is 4490. The number of amides is 17. The van der Waals surface area contributed by atoms with E-state index in [2.05, 4.69) is 84.7 Å². The number of fused-ring (bicyclic) bond motifs is 3. The number of aromatic nitrogens is 1. The normalized spacial score (nSPS) is 24.7. The van der Waals surface area contributed by atoms with E-state index in [0.717, 1.165) is 18.7 Å². The molecule has 3 saturated heterocycles. The molecular weight excluding hydrogens is 1680 g/mol. The summed E-state index contributed by atoms with van der Waals surface area (Å²) in [6, 6.07) is -7.98. The fourth-order valence-electron chi connectivity index (χ4n) is 14.4. The molecule has 14 atom stereocenters. The highest BCUT2D eigenvalue weighted by Crippen LogP contribution is 2.25. The lowest BCUT2D eigenvalue weighted by Crippen LogP contribution is -2.61. The van der Waals surface area contributed by atoms with Crippen LogP contribution in [0.5, 0.6) is 5.75 Å². The molecule has 0 aliphatic carbocycles. The number of rotatable bonds is 25. The van der Waals surface area contributed by atoms with Crippen LogP contribution in [0.15, 0.2) is 54.7 Å². The Morgan fingerprint density at radius 2 is 0.938 bits per heavy atom. The number of nitrogens with two attached hydrogens (primary N) is 3. The highest BCUT2D eigenvalue weighted by atomic mass is 16.4. The maximum absolute atomic E-state index is 15.0. The molecule has 4 heterocycles. The van der Waals surface area contributed by atoms with E-state index < -0.39 is 273 Å². The molecule has 1 aromatic heterocycles. The first-order valence-corrected chi connectivity index (χ1v) is 42.2. The van der Waals surface area contributed by atoms with Gasteiger partial charge in [0.05, 0.1) is 19.2 Å². The predicted molar refractivity (Wildman–Crippen MR) is 452 cm³/mol. The van der Waals surface area contributed by atoms with Gasteiger partial charge in [-0.15, -0.1) is 0 Å². The van der Waals surface area contributed by atoms with Crippen LogP contribution < -0.4 is 97.0 Å². The van der Waals surface area contributed by atoms with Gasteiger partial charge in [-0.1, -0.05) is 30.3 Å². The molecule has 0 radical (unpaired) electrons. The minimum Gasteiger partial charge on any atom is -0.508 e. The molecule has 0 bridgehead atoms. The first kappa shape index (κ1) is 103. The molecule has 0 unspecified atom stereocenters. The first-order chi connectivity index (χ1) is 60.7. The Labute approximate surface area is 734 Å². The molecule has 47 heteroatoms. The Kier molecular flexibility index (Phi) is 41.7. The van der Waals surface area contributed by atoms with Crippen LogP contribution in [0.4, 0.5) is 0 Å². The van der Waals surface area contributed by atoms with Crippen LogP contribution >= 0.6 is 0 Å². The van der Waals surface area contributed by atoms with Gasteiger partial charge in [0.15, 0.2) is 5.96 Å². The third kappa shape index (κ3) is 34.0. The summed E-state index contributed by atoms with van der Waals surface area (Å²) in [6.45, 7) is 1.43. The Morgan fingerprint density at radius 1 is 0.477 bits per heavy atom. The van der Waals surface area contributed by atoms with Crippen molar-refractivity contribution in [1.29, 1.82) is 5.41 Å². The summed E-state index contributed by atoms with van der Waals surface area (Å²) in [5, 5.41) is 95.6. The number of guanidine groups is 1. The number of aliphatic hydroxyl groups is 1. The molecule has 28 N–H and O–H groups in total. The number of unbranched alkanes of at least 4 members (excludes halogenated alkanes) is 1. The Hall–Kier alpha value is -13.6. The van der Waals surface area contributed by atoms with Crippen molar-refractivity contribution in [2.75, 3.05) is 45.8 Å². The number of hydrogen-bond donors (Lipinski definition) is 25. The highest BCUT2D eigenvalue weighted by molar-refractivity contribution is 6.01. The molecule has 0 spiro atoms. The van der Waals surface area contributed by atoms with Crippen molar-refractivity contribution in [1.82, 2.24) is 94.5 Å². The van der Waals surface area contributed by atoms with Gasteiger partial charge in [-0.25, -0.2) is 0 Å². The van der Waals surface area contributed by atoms with Gasteiger partial charge in [0.25, 0.3) is 0 Å². The number of aromatic hydroxyl groups is 1. The number of phenols is 1. The largest absolute Gasteiger partial charge is 0.508 e. The summed E-state index contributed by atoms with van der Waals surface area (Å²) < 4.78 is 0. The third-order valence-electron chi connectivity index (χ3n) is 21.3. The SMILES string of the molecule is C[C@@H]1NC(=O)CNC(=O)[C@H](CCC(=O)O)NC(=O)[C@@H]2CCCN2C(=O)[C@H]([C@H](C)O)NC(=O)[C@H](CCC(=O)O)NC(=O)[C@H](CCCNC(=N)N)NC(=O)[C@H](CCC(N)=O)NC(=O)CNC(=O)CCCCNC(=O)[C@H](Cc2ccc(O)cc2)NC(=O)[C@H](Cc2c[nH]c3ccccc23)NC(=O)[C@@H]2CCCN2C(=O)[C@H](CCCCN)NC(=O)[C@H](C)NC(=O)[C@H](CCC(=O)O)NC1=O. The van der Waals surface area contributed by atoms with E-state index in [1.807, 2.05) is 0 Å². The number of H-pyrrole nitrogens is 1. The van der Waals surface area contributed by atoms with Crippen molar-refractivity contribution in [3.63, 3.8) is 0 Å². The van der Waals surface area contributed by atoms with Crippen LogP contribution in [-0.2, 0) is 109 Å². The second kappa shape index (κ2) is 51.7. The van der Waals surface area contributed by atoms with E-state index in [1.54, 1.807) is 30.5 Å². The number of primary amides is 1. The summed E-state index contributed by atoms with van der Waals surface area (Å²) in [5.74, 6) is -21.9. The maximum atomic E-state index is 15.0. The second-order valence-corrected chi connectivity index (χ2v) is 31.4. The van der Waals surface area contributed by atoms with Crippen LogP contribution in [0.1, 0.15) is 160 Å². The number of para-hydroxylation sites is 1. The molecule has 128 heavy (non-hydrogen) atoms. The van der Waals surface area contributed by atoms with Crippen molar-refractivity contribution in [2.45, 2.75) is 247 Å². The van der Waals surface area contributed by atoms with Crippen molar-refractivity contribution < 1.29 is 121 Å². The van der Waals surface area contributed by atoms with Crippen LogP contribution in [0.2, 0.25) is 0 Å². The van der Waals surface area contributed by atoms with Gasteiger partial charge in [0, 0.05) is 88.2 Å². The summed E-state index contributed by atoms with van der Waals surface area (Å²) in [6.07, 6.45) is -5.37. The summed E-state index contributed by atoms with van der Waals surface area (Å²) >= 11 is 0. The molecule has 702 valence electrons. The van der Waals surface area contributed by atoms with E-state index in [9.17, 15) is 121 Å². The number of hydrogen-bond acceptors (Lipinski definition) is 24. The van der Waals surface area contributed by atoms with Crippen LogP contribution in [0.25, 0.3) is 10.9 Å². The fourth-order valence-corrected chi connectivity index (χ4v) is 14.4. The van der Waals surface area contributed by atoms with Crippen molar-refractivity contribution >= 4 is 135 Å². The average Bonchev–Trinajstić information content (AvgIpc) is 1.66.